The summed E-state index contributed by atoms with van der Waals surface area (Å²) >= 11 is 0. The van der Waals surface area contributed by atoms with Crippen LogP contribution in [0.3, 0.4) is 0 Å². The number of hydrogen-bond donors (Lipinski definition) is 1. The van der Waals surface area contributed by atoms with Gasteiger partial charge in [-0.1, -0.05) is 18.2 Å². The van der Waals surface area contributed by atoms with Crippen molar-refractivity contribution in [2.75, 3.05) is 38.1 Å². The molecule has 1 aromatic rings. The van der Waals surface area contributed by atoms with E-state index in [2.05, 4.69) is 4.90 Å². The first-order chi connectivity index (χ1) is 9.70. The van der Waals surface area contributed by atoms with Gasteiger partial charge in [0.2, 0.25) is 5.91 Å². The van der Waals surface area contributed by atoms with Crippen LogP contribution < -0.4 is 10.6 Å². The zero-order chi connectivity index (χ0) is 14.4. The Morgan fingerprint density at radius 2 is 1.95 bits per heavy atom. The average Bonchev–Trinajstić information content (AvgIpc) is 2.49. The lowest BCUT2D eigenvalue weighted by molar-refractivity contribution is -0.119. The van der Waals surface area contributed by atoms with Gasteiger partial charge in [-0.3, -0.25) is 9.69 Å². The zero-order valence-corrected chi connectivity index (χ0v) is 12.3. The van der Waals surface area contributed by atoms with Gasteiger partial charge in [0.25, 0.3) is 0 Å². The van der Waals surface area contributed by atoms with Gasteiger partial charge in [0, 0.05) is 12.7 Å². The number of likely N-dealkylation sites (N-methyl/N-ethyl adjacent to an activating group) is 1. The summed E-state index contributed by atoms with van der Waals surface area (Å²) in [4.78, 5) is 16.3. The van der Waals surface area contributed by atoms with E-state index in [1.165, 1.54) is 12.8 Å². The van der Waals surface area contributed by atoms with Crippen LogP contribution in [0.5, 0.6) is 0 Å². The van der Waals surface area contributed by atoms with Crippen LogP contribution in [0.25, 0.3) is 0 Å². The normalized spacial score (nSPS) is 17.1. The molecule has 1 amide bonds. The van der Waals surface area contributed by atoms with Crippen LogP contribution in [-0.2, 0) is 4.79 Å². The summed E-state index contributed by atoms with van der Waals surface area (Å²) in [6.07, 6.45) is 3.45. The van der Waals surface area contributed by atoms with Crippen molar-refractivity contribution >= 4 is 11.6 Å². The van der Waals surface area contributed by atoms with Crippen LogP contribution in [0, 0.1) is 5.92 Å². The Morgan fingerprint density at radius 3 is 2.55 bits per heavy atom. The molecule has 0 aliphatic carbocycles. The molecule has 0 radical (unpaired) electrons. The van der Waals surface area contributed by atoms with E-state index in [0.717, 1.165) is 37.7 Å². The highest BCUT2D eigenvalue weighted by atomic mass is 16.2. The number of para-hydroxylation sites is 1. The molecule has 0 spiro atoms. The van der Waals surface area contributed by atoms with Gasteiger partial charge in [-0.25, -0.2) is 0 Å². The predicted octanol–water partition coefficient (Wildman–Crippen LogP) is 1.71. The van der Waals surface area contributed by atoms with Gasteiger partial charge in [0.05, 0.1) is 6.54 Å². The van der Waals surface area contributed by atoms with E-state index in [0.29, 0.717) is 6.54 Å². The molecule has 1 aliphatic rings. The lowest BCUT2D eigenvalue weighted by Gasteiger charge is -2.32. The second-order valence-electron chi connectivity index (χ2n) is 5.59. The Bertz CT molecular complexity index is 413. The molecule has 1 aromatic carbocycles. The van der Waals surface area contributed by atoms with Gasteiger partial charge in [-0.15, -0.1) is 0 Å². The number of carbonyl (C=O) groups is 1. The van der Waals surface area contributed by atoms with Gasteiger partial charge in [-0.05, 0) is 56.9 Å². The van der Waals surface area contributed by atoms with Crippen molar-refractivity contribution in [2.45, 2.75) is 19.3 Å². The van der Waals surface area contributed by atoms with Crippen LogP contribution in [0.2, 0.25) is 0 Å². The van der Waals surface area contributed by atoms with Crippen LogP contribution in [0.15, 0.2) is 30.3 Å². The van der Waals surface area contributed by atoms with Crippen LogP contribution in [0.1, 0.15) is 19.3 Å². The molecule has 0 saturated carbocycles. The Labute approximate surface area is 121 Å². The molecule has 1 fully saturated rings. The number of amides is 1. The molecular formula is C16H25N3O. The topological polar surface area (TPSA) is 49.6 Å². The van der Waals surface area contributed by atoms with Gasteiger partial charge >= 0.3 is 0 Å². The number of benzene rings is 1. The molecule has 0 aromatic heterocycles. The number of carbonyl (C=O) groups excluding carboxylic acids is 1. The third kappa shape index (κ3) is 4.05. The highest BCUT2D eigenvalue weighted by Gasteiger charge is 2.21. The van der Waals surface area contributed by atoms with Crippen molar-refractivity contribution < 1.29 is 4.79 Å². The summed E-state index contributed by atoms with van der Waals surface area (Å²) in [6, 6.07) is 9.80. The van der Waals surface area contributed by atoms with Gasteiger partial charge in [-0.2, -0.15) is 0 Å². The number of nitrogens with zero attached hydrogens (tertiary/aromatic N) is 2. The number of likely N-dealkylation sites (tertiary alicyclic amines) is 1. The van der Waals surface area contributed by atoms with Crippen LogP contribution >= 0.6 is 0 Å². The SMILES string of the molecule is CN(C(=O)CN1CCC(CCN)CC1)c1ccccc1. The number of rotatable bonds is 5. The summed E-state index contributed by atoms with van der Waals surface area (Å²) in [6.45, 7) is 3.32. The highest BCUT2D eigenvalue weighted by molar-refractivity contribution is 5.94. The first kappa shape index (κ1) is 15.0. The molecular weight excluding hydrogens is 250 g/mol. The summed E-state index contributed by atoms with van der Waals surface area (Å²) in [7, 11) is 1.85. The Kier molecular flexibility index (Phi) is 5.56. The quantitative estimate of drug-likeness (QED) is 0.890. The summed E-state index contributed by atoms with van der Waals surface area (Å²) in [5.74, 6) is 0.909. The minimum atomic E-state index is 0.161. The molecule has 0 atom stereocenters. The monoisotopic (exact) mass is 275 g/mol. The molecule has 1 aliphatic heterocycles. The lowest BCUT2D eigenvalue weighted by Crippen LogP contribution is -2.42. The van der Waals surface area contributed by atoms with Crippen molar-refractivity contribution in [3.05, 3.63) is 30.3 Å². The fourth-order valence-corrected chi connectivity index (χ4v) is 2.76. The summed E-state index contributed by atoms with van der Waals surface area (Å²) in [5.41, 5.74) is 6.56. The Hall–Kier alpha value is -1.39. The highest BCUT2D eigenvalue weighted by Crippen LogP contribution is 2.20. The molecule has 110 valence electrons. The molecule has 1 heterocycles. The van der Waals surface area contributed by atoms with Crippen molar-refractivity contribution in [1.82, 2.24) is 4.90 Å². The van der Waals surface area contributed by atoms with Crippen LogP contribution in [-0.4, -0.2) is 44.0 Å². The molecule has 0 unspecified atom stereocenters. The van der Waals surface area contributed by atoms with Crippen molar-refractivity contribution in [3.8, 4) is 0 Å². The molecule has 4 heteroatoms. The molecule has 20 heavy (non-hydrogen) atoms. The van der Waals surface area contributed by atoms with Gasteiger partial charge in [0.15, 0.2) is 0 Å². The first-order valence-electron chi connectivity index (χ1n) is 7.44. The molecule has 2 N–H and O–H groups in total. The van der Waals surface area contributed by atoms with Gasteiger partial charge in [0.1, 0.15) is 0 Å². The lowest BCUT2D eigenvalue weighted by atomic mass is 9.94. The van der Waals surface area contributed by atoms with E-state index in [-0.39, 0.29) is 5.91 Å². The molecule has 1 saturated heterocycles. The second-order valence-corrected chi connectivity index (χ2v) is 5.59. The second kappa shape index (κ2) is 7.41. The number of hydrogen-bond acceptors (Lipinski definition) is 3. The number of anilines is 1. The molecule has 0 bridgehead atoms. The summed E-state index contributed by atoms with van der Waals surface area (Å²) in [5, 5.41) is 0. The minimum absolute atomic E-state index is 0.161. The largest absolute Gasteiger partial charge is 0.330 e. The van der Waals surface area contributed by atoms with E-state index < -0.39 is 0 Å². The predicted molar refractivity (Wildman–Crippen MR) is 82.7 cm³/mol. The maximum atomic E-state index is 12.3. The fraction of sp³-hybridized carbons (Fsp3) is 0.562. The van der Waals surface area contributed by atoms with Crippen molar-refractivity contribution in [2.24, 2.45) is 11.7 Å². The first-order valence-corrected chi connectivity index (χ1v) is 7.44. The Morgan fingerprint density at radius 1 is 1.30 bits per heavy atom. The van der Waals surface area contributed by atoms with E-state index in [4.69, 9.17) is 5.73 Å². The van der Waals surface area contributed by atoms with Crippen molar-refractivity contribution in [1.29, 1.82) is 0 Å². The molecule has 4 nitrogen and oxygen atoms in total. The van der Waals surface area contributed by atoms with E-state index >= 15 is 0 Å². The fourth-order valence-electron chi connectivity index (χ4n) is 2.76. The van der Waals surface area contributed by atoms with Crippen molar-refractivity contribution in [3.63, 3.8) is 0 Å². The zero-order valence-electron chi connectivity index (χ0n) is 12.3. The third-order valence-corrected chi connectivity index (χ3v) is 4.16. The van der Waals surface area contributed by atoms with Gasteiger partial charge < -0.3 is 10.6 Å². The molecule has 2 rings (SSSR count). The maximum absolute atomic E-state index is 12.3. The van der Waals surface area contributed by atoms with E-state index in [1.54, 1.807) is 4.90 Å². The Balaban J connectivity index is 1.81. The minimum Gasteiger partial charge on any atom is -0.330 e. The smallest absolute Gasteiger partial charge is 0.240 e. The number of piperidine rings is 1. The third-order valence-electron chi connectivity index (χ3n) is 4.16. The summed E-state index contributed by atoms with van der Waals surface area (Å²) < 4.78 is 0. The number of nitrogens with two attached hydrogens (primary N) is 1. The van der Waals surface area contributed by atoms with E-state index in [9.17, 15) is 4.79 Å². The average molecular weight is 275 g/mol. The standard InChI is InChI=1S/C16H25N3O/c1-18(15-5-3-2-4-6-15)16(20)13-19-11-8-14(7-10-17)9-12-19/h2-6,14H,7-13,17H2,1H3. The van der Waals surface area contributed by atoms with Crippen LogP contribution in [0.4, 0.5) is 5.69 Å². The van der Waals surface area contributed by atoms with E-state index in [1.807, 2.05) is 37.4 Å². The maximum Gasteiger partial charge on any atom is 0.240 e.